The van der Waals surface area contributed by atoms with E-state index in [0.29, 0.717) is 14.8 Å². The number of carbonyl (C=O) groups excluding carboxylic acids is 6. The number of hydrogen-bond acceptors (Lipinski definition) is 11. The summed E-state index contributed by atoms with van der Waals surface area (Å²) in [6.07, 6.45) is 0. The van der Waals surface area contributed by atoms with Crippen molar-refractivity contribution in [2.24, 2.45) is 0 Å². The number of fused-ring (bicyclic) bond motifs is 1. The second-order valence-electron chi connectivity index (χ2n) is 8.92. The van der Waals surface area contributed by atoms with Crippen molar-refractivity contribution in [1.29, 1.82) is 0 Å². The van der Waals surface area contributed by atoms with Crippen molar-refractivity contribution in [3.63, 3.8) is 0 Å². The molecular formula is C23H25N6NaO10S2. The van der Waals surface area contributed by atoms with Gasteiger partial charge in [-0.05, 0) is 5.56 Å². The summed E-state index contributed by atoms with van der Waals surface area (Å²) in [6.45, 7) is 0.248. The minimum atomic E-state index is -4.15. The average molecular weight is 633 g/mol. The molecule has 3 atom stereocenters. The molecule has 6 amide bonds. The maximum Gasteiger partial charge on any atom is 1.00 e. The molecular weight excluding hydrogens is 607 g/mol. The zero-order valence-electron chi connectivity index (χ0n) is 22.7. The summed E-state index contributed by atoms with van der Waals surface area (Å²) >= 11 is 1.14. The summed E-state index contributed by atoms with van der Waals surface area (Å²) in [5, 5.41) is 16.0. The third-order valence-corrected chi connectivity index (χ3v) is 9.19. The molecule has 220 valence electrons. The van der Waals surface area contributed by atoms with Crippen LogP contribution in [-0.4, -0.2) is 102 Å². The minimum absolute atomic E-state index is 0. The molecule has 0 bridgehead atoms. The smallest absolute Gasteiger partial charge is 0.543 e. The van der Waals surface area contributed by atoms with Crippen LogP contribution in [0, 0.1) is 0 Å². The second-order valence-corrected chi connectivity index (χ2v) is 11.8. The number of nitrogens with zero attached hydrogens (tertiary/aromatic N) is 3. The van der Waals surface area contributed by atoms with Crippen molar-refractivity contribution in [3.05, 3.63) is 47.2 Å². The summed E-state index contributed by atoms with van der Waals surface area (Å²) in [7, 11) is -3.04. The molecule has 1 aromatic rings. The van der Waals surface area contributed by atoms with E-state index in [1.54, 1.807) is 18.2 Å². The van der Waals surface area contributed by atoms with Gasteiger partial charge in [0.15, 0.2) is 0 Å². The number of ether oxygens (including phenoxy) is 1. The summed E-state index contributed by atoms with van der Waals surface area (Å²) in [4.78, 5) is 76.6. The summed E-state index contributed by atoms with van der Waals surface area (Å²) in [5.74, 6) is -3.78. The standard InChI is InChI=1S/C23H26N6O10S2.Na/c1-12(30)39-10-14-11-40-20-16(19(32)29(20)17(14)21(33)34)25-18(31)15(13-6-4-3-5-7-13)26-22(35)27-8-9-28(23(27)36)41(37,38)24-2;/h3-7,15-16,20,24H,8-11H2,1-2H3,(H,25,31)(H,26,35)(H,33,34);/q;+1/p-1/t15?,16?,20-;/m0./s1. The molecule has 16 nitrogen and oxygen atoms in total. The number of nitrogens with one attached hydrogen (secondary N) is 3. The van der Waals surface area contributed by atoms with Gasteiger partial charge < -0.3 is 25.3 Å². The molecule has 0 aliphatic carbocycles. The molecule has 0 saturated carbocycles. The number of amides is 6. The third kappa shape index (κ3) is 6.57. The predicted molar refractivity (Wildman–Crippen MR) is 138 cm³/mol. The van der Waals surface area contributed by atoms with Crippen LogP contribution in [0.3, 0.4) is 0 Å². The fraction of sp³-hybridized carbons (Fsp3) is 0.391. The summed E-state index contributed by atoms with van der Waals surface area (Å²) in [6, 6.07) is 3.18. The second kappa shape index (κ2) is 13.4. The van der Waals surface area contributed by atoms with Crippen LogP contribution in [0.2, 0.25) is 0 Å². The number of hydrogen-bond donors (Lipinski definition) is 3. The van der Waals surface area contributed by atoms with Crippen LogP contribution >= 0.6 is 11.8 Å². The van der Waals surface area contributed by atoms with Crippen LogP contribution in [0.15, 0.2) is 41.6 Å². The Balaban J connectivity index is 0.00000484. The number of carboxylic acids is 1. The third-order valence-electron chi connectivity index (χ3n) is 6.42. The Bertz CT molecular complexity index is 1440. The van der Waals surface area contributed by atoms with E-state index in [1.165, 1.54) is 12.1 Å². The normalized spacial score (nSPS) is 20.7. The van der Waals surface area contributed by atoms with Gasteiger partial charge in [-0.2, -0.15) is 8.42 Å². The molecule has 3 heterocycles. The molecule has 19 heteroatoms. The van der Waals surface area contributed by atoms with Gasteiger partial charge in [-0.3, -0.25) is 19.3 Å². The van der Waals surface area contributed by atoms with Crippen LogP contribution in [0.4, 0.5) is 9.59 Å². The molecule has 3 aliphatic rings. The van der Waals surface area contributed by atoms with Crippen molar-refractivity contribution in [1.82, 2.24) is 29.5 Å². The topological polar surface area (TPSA) is 215 Å². The van der Waals surface area contributed by atoms with E-state index < -0.39 is 69.2 Å². The molecule has 3 N–H and O–H groups in total. The number of carboxylic acid groups (broad SMARTS) is 1. The zero-order chi connectivity index (χ0) is 30.1. The number of rotatable bonds is 9. The number of carbonyl (C=O) groups is 6. The SMILES string of the molecule is CNS(=O)(=O)N1CCN(C(=O)NC(C(=O)NC2C(=O)N3C(C(=O)[O-])=C(COC(C)=O)CS[C@@H]23)c2ccccc2)C1=O.[Na+]. The largest absolute Gasteiger partial charge is 1.00 e. The molecule has 0 aromatic heterocycles. The van der Waals surface area contributed by atoms with Crippen molar-refractivity contribution < 1.29 is 76.6 Å². The Kier molecular flexibility index (Phi) is 10.7. The maximum absolute atomic E-state index is 13.4. The van der Waals surface area contributed by atoms with Gasteiger partial charge in [0, 0.05) is 25.3 Å². The summed E-state index contributed by atoms with van der Waals surface area (Å²) in [5.41, 5.74) is 0.0225. The Hall–Kier alpha value is -3.16. The Labute approximate surface area is 266 Å². The number of β-lactam (4-membered cyclic amide) rings is 1. The molecule has 42 heavy (non-hydrogen) atoms. The Morgan fingerprint density at radius 2 is 1.81 bits per heavy atom. The Morgan fingerprint density at radius 1 is 1.14 bits per heavy atom. The van der Waals surface area contributed by atoms with E-state index in [-0.39, 0.29) is 60.6 Å². The van der Waals surface area contributed by atoms with Gasteiger partial charge in [0.25, 0.3) is 5.91 Å². The Morgan fingerprint density at radius 3 is 2.40 bits per heavy atom. The van der Waals surface area contributed by atoms with Crippen LogP contribution in [0.25, 0.3) is 0 Å². The van der Waals surface area contributed by atoms with E-state index in [2.05, 4.69) is 10.6 Å². The van der Waals surface area contributed by atoms with Crippen molar-refractivity contribution in [2.45, 2.75) is 24.4 Å². The molecule has 2 unspecified atom stereocenters. The molecule has 0 spiro atoms. The molecule has 3 aliphatic heterocycles. The van der Waals surface area contributed by atoms with E-state index in [1.807, 2.05) is 4.72 Å². The average Bonchev–Trinajstić information content (AvgIpc) is 3.35. The maximum atomic E-state index is 13.4. The number of esters is 1. The van der Waals surface area contributed by atoms with Crippen molar-refractivity contribution in [2.75, 3.05) is 32.5 Å². The van der Waals surface area contributed by atoms with Crippen molar-refractivity contribution >= 4 is 57.8 Å². The van der Waals surface area contributed by atoms with Gasteiger partial charge in [-0.15, -0.1) is 11.8 Å². The van der Waals surface area contributed by atoms with Crippen LogP contribution in [0.1, 0.15) is 18.5 Å². The van der Waals surface area contributed by atoms with Gasteiger partial charge >= 0.3 is 57.8 Å². The minimum Gasteiger partial charge on any atom is -0.543 e. The molecule has 1 aromatic carbocycles. The van der Waals surface area contributed by atoms with Gasteiger partial charge in [0.1, 0.15) is 24.1 Å². The molecule has 4 rings (SSSR count). The molecule has 0 radical (unpaired) electrons. The zero-order valence-corrected chi connectivity index (χ0v) is 26.3. The number of aliphatic carboxylic acids is 1. The van der Waals surface area contributed by atoms with Crippen LogP contribution < -0.4 is 50.0 Å². The number of benzene rings is 1. The molecule has 2 fully saturated rings. The predicted octanol–water partition coefficient (Wildman–Crippen LogP) is -5.39. The fourth-order valence-electron chi connectivity index (χ4n) is 4.39. The van der Waals surface area contributed by atoms with E-state index in [4.69, 9.17) is 4.74 Å². The first-order chi connectivity index (χ1) is 19.4. The first kappa shape index (κ1) is 33.3. The number of thioether (sulfide) groups is 1. The van der Waals surface area contributed by atoms with Gasteiger partial charge in [0.2, 0.25) is 5.91 Å². The summed E-state index contributed by atoms with van der Waals surface area (Å²) < 4.78 is 31.5. The first-order valence-electron chi connectivity index (χ1n) is 12.1. The van der Waals surface area contributed by atoms with E-state index in [0.717, 1.165) is 30.6 Å². The quantitative estimate of drug-likeness (QED) is 0.133. The van der Waals surface area contributed by atoms with E-state index in [9.17, 15) is 42.3 Å². The van der Waals surface area contributed by atoms with Crippen LogP contribution in [0.5, 0.6) is 0 Å². The van der Waals surface area contributed by atoms with Crippen molar-refractivity contribution in [3.8, 4) is 0 Å². The number of imide groups is 1. The first-order valence-corrected chi connectivity index (χ1v) is 14.6. The number of urea groups is 2. The van der Waals surface area contributed by atoms with Crippen LogP contribution in [-0.2, 0) is 34.1 Å². The monoisotopic (exact) mass is 632 g/mol. The van der Waals surface area contributed by atoms with Gasteiger partial charge in [-0.1, -0.05) is 30.3 Å². The molecule has 2 saturated heterocycles. The van der Waals surface area contributed by atoms with Gasteiger partial charge in [0.05, 0.1) is 24.8 Å². The fourth-order valence-corrected chi connectivity index (χ4v) is 6.57. The van der Waals surface area contributed by atoms with Gasteiger partial charge in [-0.25, -0.2) is 23.5 Å². The van der Waals surface area contributed by atoms with E-state index >= 15 is 0 Å².